The van der Waals surface area contributed by atoms with E-state index >= 15 is 0 Å². The summed E-state index contributed by atoms with van der Waals surface area (Å²) in [6, 6.07) is 13.4. The molecule has 0 aliphatic heterocycles. The van der Waals surface area contributed by atoms with Crippen LogP contribution in [0.4, 0.5) is 0 Å². The van der Waals surface area contributed by atoms with Gasteiger partial charge in [-0.2, -0.15) is 0 Å². The first kappa shape index (κ1) is 17.3. The Hall–Kier alpha value is -2.10. The number of esters is 1. The Morgan fingerprint density at radius 3 is 1.96 bits per heavy atom. The molecule has 1 fully saturated rings. The van der Waals surface area contributed by atoms with E-state index in [0.29, 0.717) is 21.2 Å². The van der Waals surface area contributed by atoms with Crippen molar-refractivity contribution in [3.63, 3.8) is 0 Å². The zero-order valence-corrected chi connectivity index (χ0v) is 15.3. The topological polar surface area (TPSA) is 43.4 Å². The van der Waals surface area contributed by atoms with Crippen molar-refractivity contribution >= 4 is 35.0 Å². The number of halogens is 2. The summed E-state index contributed by atoms with van der Waals surface area (Å²) in [7, 11) is 0. The number of hydrogen-bond acceptors (Lipinski definition) is 3. The zero-order valence-electron chi connectivity index (χ0n) is 13.8. The van der Waals surface area contributed by atoms with Gasteiger partial charge in [-0.05, 0) is 60.9 Å². The molecule has 2 aromatic carbocycles. The van der Waals surface area contributed by atoms with Crippen molar-refractivity contribution in [1.29, 1.82) is 0 Å². The highest BCUT2D eigenvalue weighted by atomic mass is 35.5. The van der Waals surface area contributed by atoms with E-state index in [9.17, 15) is 9.59 Å². The van der Waals surface area contributed by atoms with Crippen LogP contribution in [-0.4, -0.2) is 17.9 Å². The first-order valence-corrected chi connectivity index (χ1v) is 9.23. The van der Waals surface area contributed by atoms with Gasteiger partial charge in [-0.25, -0.2) is 4.79 Å². The van der Waals surface area contributed by atoms with Gasteiger partial charge in [-0.3, -0.25) is 4.79 Å². The SMILES string of the molecule is O=C(O[C@@H]1[C@@H](C(=O)c2ccc(Cl)cc2)[C@H]2C=C[C@@H]1C2)c1ccc(Cl)cc1. The summed E-state index contributed by atoms with van der Waals surface area (Å²) < 4.78 is 5.77. The Balaban J connectivity index is 1.57. The van der Waals surface area contributed by atoms with Crippen LogP contribution in [0, 0.1) is 17.8 Å². The van der Waals surface area contributed by atoms with E-state index in [1.165, 1.54) is 0 Å². The predicted molar refractivity (Wildman–Crippen MR) is 101 cm³/mol. The van der Waals surface area contributed by atoms with Crippen LogP contribution in [0.1, 0.15) is 27.1 Å². The van der Waals surface area contributed by atoms with Crippen LogP contribution in [-0.2, 0) is 4.74 Å². The molecule has 26 heavy (non-hydrogen) atoms. The molecule has 4 rings (SSSR count). The first-order chi connectivity index (χ1) is 12.5. The third kappa shape index (κ3) is 3.17. The van der Waals surface area contributed by atoms with Crippen LogP contribution < -0.4 is 0 Å². The molecule has 132 valence electrons. The lowest BCUT2D eigenvalue weighted by atomic mass is 9.84. The molecule has 2 aromatic rings. The van der Waals surface area contributed by atoms with E-state index < -0.39 is 12.1 Å². The fourth-order valence-electron chi connectivity index (χ4n) is 3.87. The molecule has 0 radical (unpaired) electrons. The third-order valence-electron chi connectivity index (χ3n) is 5.14. The summed E-state index contributed by atoms with van der Waals surface area (Å²) in [6.45, 7) is 0. The third-order valence-corrected chi connectivity index (χ3v) is 5.65. The molecule has 0 saturated heterocycles. The molecule has 4 atom stereocenters. The van der Waals surface area contributed by atoms with Crippen LogP contribution in [0.2, 0.25) is 10.0 Å². The number of carbonyl (C=O) groups is 2. The highest BCUT2D eigenvalue weighted by molar-refractivity contribution is 6.31. The zero-order chi connectivity index (χ0) is 18.3. The van der Waals surface area contributed by atoms with E-state index in [2.05, 4.69) is 12.2 Å². The van der Waals surface area contributed by atoms with Gasteiger partial charge >= 0.3 is 5.97 Å². The Bertz CT molecular complexity index is 871. The molecule has 0 spiro atoms. The first-order valence-electron chi connectivity index (χ1n) is 8.47. The highest BCUT2D eigenvalue weighted by Crippen LogP contribution is 2.47. The Labute approximate surface area is 161 Å². The largest absolute Gasteiger partial charge is 0.457 e. The molecule has 2 aliphatic rings. The fourth-order valence-corrected chi connectivity index (χ4v) is 4.12. The monoisotopic (exact) mass is 386 g/mol. The van der Waals surface area contributed by atoms with Gasteiger partial charge < -0.3 is 4.74 Å². The molecule has 5 heteroatoms. The standard InChI is InChI=1S/C21H16Cl2O3/c22-16-7-3-12(4-8-16)19(24)18-14-1-2-15(11-14)20(18)26-21(25)13-5-9-17(23)10-6-13/h1-10,14-15,18,20H,11H2/t14-,15+,18+,20-/m0/s1. The maximum absolute atomic E-state index is 13.0. The van der Waals surface area contributed by atoms with E-state index in [0.717, 1.165) is 6.42 Å². The second-order valence-corrected chi connectivity index (χ2v) is 7.59. The summed E-state index contributed by atoms with van der Waals surface area (Å²) in [4.78, 5) is 25.6. The van der Waals surface area contributed by atoms with Crippen molar-refractivity contribution in [3.8, 4) is 0 Å². The quantitative estimate of drug-likeness (QED) is 0.410. The van der Waals surface area contributed by atoms with Gasteiger partial charge in [0.15, 0.2) is 5.78 Å². The maximum Gasteiger partial charge on any atom is 0.338 e. The fraction of sp³-hybridized carbons (Fsp3) is 0.238. The Kier molecular flexibility index (Phi) is 4.60. The van der Waals surface area contributed by atoms with Crippen molar-refractivity contribution in [1.82, 2.24) is 0 Å². The molecule has 0 aromatic heterocycles. The second kappa shape index (κ2) is 6.90. The molecule has 0 N–H and O–H groups in total. The number of benzene rings is 2. The number of Topliss-reactive ketones (excluding diaryl/α,β-unsaturated/α-hetero) is 1. The highest BCUT2D eigenvalue weighted by Gasteiger charge is 2.50. The normalized spacial score (nSPS) is 26.1. The number of allylic oxidation sites excluding steroid dienone is 1. The van der Waals surface area contributed by atoms with E-state index in [1.54, 1.807) is 48.5 Å². The van der Waals surface area contributed by atoms with E-state index in [1.807, 2.05) is 0 Å². The van der Waals surface area contributed by atoms with Gasteiger partial charge in [0.05, 0.1) is 11.5 Å². The minimum absolute atomic E-state index is 0.00702. The average Bonchev–Trinajstić information content (AvgIpc) is 3.24. The molecule has 0 heterocycles. The molecule has 3 nitrogen and oxygen atoms in total. The molecule has 2 aliphatic carbocycles. The number of rotatable bonds is 4. The predicted octanol–water partition coefficient (Wildman–Crippen LogP) is 5.22. The van der Waals surface area contributed by atoms with Gasteiger partial charge in [0.1, 0.15) is 6.10 Å². The summed E-state index contributed by atoms with van der Waals surface area (Å²) >= 11 is 11.8. The molecular weight excluding hydrogens is 371 g/mol. The Morgan fingerprint density at radius 1 is 0.808 bits per heavy atom. The second-order valence-electron chi connectivity index (χ2n) is 6.72. The number of ether oxygens (including phenoxy) is 1. The van der Waals surface area contributed by atoms with Gasteiger partial charge in [0.25, 0.3) is 0 Å². The molecule has 0 unspecified atom stereocenters. The Morgan fingerprint density at radius 2 is 1.35 bits per heavy atom. The van der Waals surface area contributed by atoms with Gasteiger partial charge in [-0.15, -0.1) is 0 Å². The van der Waals surface area contributed by atoms with Crippen LogP contribution in [0.25, 0.3) is 0 Å². The molecule has 0 amide bonds. The smallest absolute Gasteiger partial charge is 0.338 e. The van der Waals surface area contributed by atoms with E-state index in [4.69, 9.17) is 27.9 Å². The maximum atomic E-state index is 13.0. The number of hydrogen-bond donors (Lipinski definition) is 0. The van der Waals surface area contributed by atoms with Crippen LogP contribution in [0.3, 0.4) is 0 Å². The summed E-state index contributed by atoms with van der Waals surface area (Å²) in [5.74, 6) is -0.611. The van der Waals surface area contributed by atoms with Crippen molar-refractivity contribution in [2.75, 3.05) is 0 Å². The van der Waals surface area contributed by atoms with Crippen molar-refractivity contribution < 1.29 is 14.3 Å². The number of fused-ring (bicyclic) bond motifs is 2. The number of carbonyl (C=O) groups excluding carboxylic acids is 2. The lowest BCUT2D eigenvalue weighted by molar-refractivity contribution is 0.0114. The minimum atomic E-state index is -0.448. The molecule has 2 bridgehead atoms. The molecule has 1 saturated carbocycles. The summed E-state index contributed by atoms with van der Waals surface area (Å²) in [5.41, 5.74) is 1.02. The van der Waals surface area contributed by atoms with Gasteiger partial charge in [0, 0.05) is 21.5 Å². The van der Waals surface area contributed by atoms with Crippen molar-refractivity contribution in [2.45, 2.75) is 12.5 Å². The summed E-state index contributed by atoms with van der Waals surface area (Å²) in [6.07, 6.45) is 4.51. The molecular formula is C21H16Cl2O3. The lowest BCUT2D eigenvalue weighted by Gasteiger charge is -2.27. The lowest BCUT2D eigenvalue weighted by Crippen LogP contribution is -2.35. The number of ketones is 1. The van der Waals surface area contributed by atoms with Crippen LogP contribution in [0.5, 0.6) is 0 Å². The van der Waals surface area contributed by atoms with Crippen LogP contribution in [0.15, 0.2) is 60.7 Å². The van der Waals surface area contributed by atoms with Crippen molar-refractivity contribution in [2.24, 2.45) is 17.8 Å². The minimum Gasteiger partial charge on any atom is -0.457 e. The summed E-state index contributed by atoms with van der Waals surface area (Å²) in [5, 5.41) is 1.14. The van der Waals surface area contributed by atoms with Crippen LogP contribution >= 0.6 is 23.2 Å². The van der Waals surface area contributed by atoms with Crippen molar-refractivity contribution in [3.05, 3.63) is 81.9 Å². The van der Waals surface area contributed by atoms with Gasteiger partial charge in [-0.1, -0.05) is 35.4 Å². The van der Waals surface area contributed by atoms with Gasteiger partial charge in [0.2, 0.25) is 0 Å². The average molecular weight is 387 g/mol. The van der Waals surface area contributed by atoms with E-state index in [-0.39, 0.29) is 23.5 Å².